The summed E-state index contributed by atoms with van der Waals surface area (Å²) in [6.07, 6.45) is 9.73. The Hall–Kier alpha value is -1.86. The molecule has 0 aliphatic carbocycles. The average Bonchev–Trinajstić information content (AvgIpc) is 3.22. The summed E-state index contributed by atoms with van der Waals surface area (Å²) in [5, 5.41) is 7.76. The highest BCUT2D eigenvalue weighted by Gasteiger charge is 2.32. The van der Waals surface area contributed by atoms with E-state index in [9.17, 15) is 4.39 Å². The lowest BCUT2D eigenvalue weighted by Crippen LogP contribution is -2.41. The number of nitrogens with zero attached hydrogens (tertiary/aromatic N) is 5. The number of hydrogen-bond acceptors (Lipinski definition) is 5. The van der Waals surface area contributed by atoms with Crippen molar-refractivity contribution >= 4 is 0 Å². The molecule has 2 aromatic heterocycles. The summed E-state index contributed by atoms with van der Waals surface area (Å²) < 4.78 is 15.8. The van der Waals surface area contributed by atoms with E-state index in [4.69, 9.17) is 0 Å². The van der Waals surface area contributed by atoms with Gasteiger partial charge < -0.3 is 5.32 Å². The van der Waals surface area contributed by atoms with Crippen molar-refractivity contribution in [2.75, 3.05) is 13.1 Å². The topological polar surface area (TPSA) is 58.9 Å². The summed E-state index contributed by atoms with van der Waals surface area (Å²) in [6, 6.07) is 2.52. The lowest BCUT2D eigenvalue weighted by molar-refractivity contribution is 0.225. The third-order valence-electron chi connectivity index (χ3n) is 4.53. The minimum Gasteiger partial charge on any atom is -0.313 e. The molecule has 24 heavy (non-hydrogen) atoms. The van der Waals surface area contributed by atoms with Crippen molar-refractivity contribution in [2.24, 2.45) is 0 Å². The molecule has 0 radical (unpaired) electrons. The van der Waals surface area contributed by atoms with Crippen LogP contribution in [0, 0.1) is 0 Å². The summed E-state index contributed by atoms with van der Waals surface area (Å²) in [5.41, 5.74) is 1.03. The number of rotatable bonds is 8. The minimum atomic E-state index is -0.749. The maximum Gasteiger partial charge on any atom is 0.115 e. The molecule has 0 spiro atoms. The van der Waals surface area contributed by atoms with Gasteiger partial charge in [-0.05, 0) is 25.8 Å². The monoisotopic (exact) mass is 332 g/mol. The van der Waals surface area contributed by atoms with Crippen molar-refractivity contribution in [1.29, 1.82) is 0 Å². The lowest BCUT2D eigenvalue weighted by atomic mass is 10.1. The maximum atomic E-state index is 13.9. The zero-order chi connectivity index (χ0) is 16.8. The van der Waals surface area contributed by atoms with Gasteiger partial charge in [-0.2, -0.15) is 5.10 Å². The van der Waals surface area contributed by atoms with E-state index in [0.29, 0.717) is 25.6 Å². The van der Waals surface area contributed by atoms with Crippen LogP contribution < -0.4 is 5.32 Å². The molecule has 1 fully saturated rings. The summed E-state index contributed by atoms with van der Waals surface area (Å²) in [6.45, 7) is 5.05. The third kappa shape index (κ3) is 4.82. The molecule has 3 rings (SSSR count). The Morgan fingerprint density at radius 2 is 2.21 bits per heavy atom. The van der Waals surface area contributed by atoms with Crippen molar-refractivity contribution in [3.05, 3.63) is 42.7 Å². The molecule has 0 aromatic carbocycles. The zero-order valence-corrected chi connectivity index (χ0v) is 14.1. The first-order chi connectivity index (χ1) is 11.7. The van der Waals surface area contributed by atoms with Gasteiger partial charge in [0.2, 0.25) is 0 Å². The standard InChI is InChI=1S/C17H25FN6/c1-14(3-6-24-5-2-4-22-24)21-10-17-7-16(18)12-23(17)11-15-8-19-13-20-9-15/h2,4-5,8-9,13-14,16-17,21H,3,6-7,10-12H2,1H3/t14?,16-,17-/m0/s1. The van der Waals surface area contributed by atoms with Crippen LogP contribution in [0.4, 0.5) is 4.39 Å². The lowest BCUT2D eigenvalue weighted by Gasteiger charge is -2.25. The number of halogens is 1. The van der Waals surface area contributed by atoms with E-state index in [1.165, 1.54) is 6.33 Å². The van der Waals surface area contributed by atoms with Gasteiger partial charge in [0, 0.05) is 68.6 Å². The van der Waals surface area contributed by atoms with Crippen molar-refractivity contribution in [2.45, 2.75) is 51.1 Å². The van der Waals surface area contributed by atoms with E-state index in [0.717, 1.165) is 25.1 Å². The molecule has 0 saturated carbocycles. The second-order valence-corrected chi connectivity index (χ2v) is 6.53. The molecule has 3 heterocycles. The highest BCUT2D eigenvalue weighted by Crippen LogP contribution is 2.22. The zero-order valence-electron chi connectivity index (χ0n) is 14.1. The van der Waals surface area contributed by atoms with Gasteiger partial charge in [-0.15, -0.1) is 0 Å². The number of alkyl halides is 1. The van der Waals surface area contributed by atoms with Crippen LogP contribution in [0.15, 0.2) is 37.2 Å². The second kappa shape index (κ2) is 8.30. The van der Waals surface area contributed by atoms with Crippen LogP contribution >= 0.6 is 0 Å². The van der Waals surface area contributed by atoms with Gasteiger partial charge in [-0.25, -0.2) is 14.4 Å². The van der Waals surface area contributed by atoms with E-state index in [2.05, 4.69) is 32.2 Å². The maximum absolute atomic E-state index is 13.9. The molecule has 1 aliphatic heterocycles. The molecule has 7 heteroatoms. The number of nitrogens with one attached hydrogen (secondary N) is 1. The van der Waals surface area contributed by atoms with E-state index < -0.39 is 6.17 Å². The summed E-state index contributed by atoms with van der Waals surface area (Å²) in [7, 11) is 0. The molecule has 0 bridgehead atoms. The molecule has 130 valence electrons. The van der Waals surface area contributed by atoms with Gasteiger partial charge in [0.1, 0.15) is 12.5 Å². The fourth-order valence-corrected chi connectivity index (χ4v) is 3.17. The van der Waals surface area contributed by atoms with E-state index >= 15 is 0 Å². The van der Waals surface area contributed by atoms with Crippen LogP contribution in [-0.4, -0.2) is 56.0 Å². The molecule has 3 atom stereocenters. The largest absolute Gasteiger partial charge is 0.313 e. The van der Waals surface area contributed by atoms with E-state index in [-0.39, 0.29) is 6.04 Å². The summed E-state index contributed by atoms with van der Waals surface area (Å²) >= 11 is 0. The number of likely N-dealkylation sites (tertiary alicyclic amines) is 1. The highest BCUT2D eigenvalue weighted by atomic mass is 19.1. The fraction of sp³-hybridized carbons (Fsp3) is 0.588. The molecule has 1 unspecified atom stereocenters. The quantitative estimate of drug-likeness (QED) is 0.797. The number of aryl methyl sites for hydroxylation is 1. The van der Waals surface area contributed by atoms with Gasteiger partial charge >= 0.3 is 0 Å². The molecule has 2 aromatic rings. The first kappa shape index (κ1) is 17.0. The first-order valence-corrected chi connectivity index (χ1v) is 8.53. The number of hydrogen-bond donors (Lipinski definition) is 1. The van der Waals surface area contributed by atoms with Gasteiger partial charge in [-0.1, -0.05) is 0 Å². The van der Waals surface area contributed by atoms with Crippen molar-refractivity contribution < 1.29 is 4.39 Å². The van der Waals surface area contributed by atoms with Gasteiger partial charge in [0.25, 0.3) is 0 Å². The van der Waals surface area contributed by atoms with Crippen molar-refractivity contribution in [1.82, 2.24) is 30.0 Å². The normalized spacial score (nSPS) is 22.8. The molecule has 1 aliphatic rings. The molecular weight excluding hydrogens is 307 g/mol. The Balaban J connectivity index is 1.45. The van der Waals surface area contributed by atoms with Crippen LogP contribution in [-0.2, 0) is 13.1 Å². The fourth-order valence-electron chi connectivity index (χ4n) is 3.17. The van der Waals surface area contributed by atoms with Crippen LogP contribution in [0.1, 0.15) is 25.3 Å². The SMILES string of the molecule is CC(CCn1cccn1)NC[C@@H]1C[C@H](F)CN1Cc1cncnc1. The second-order valence-electron chi connectivity index (χ2n) is 6.53. The smallest absolute Gasteiger partial charge is 0.115 e. The predicted octanol–water partition coefficient (Wildman–Crippen LogP) is 1.65. The molecular formula is C17H25FN6. The first-order valence-electron chi connectivity index (χ1n) is 8.53. The van der Waals surface area contributed by atoms with E-state index in [1.54, 1.807) is 18.6 Å². The molecule has 1 N–H and O–H groups in total. The average molecular weight is 332 g/mol. The Bertz CT molecular complexity index is 590. The molecule has 1 saturated heterocycles. The molecule has 6 nitrogen and oxygen atoms in total. The Labute approximate surface area is 142 Å². The van der Waals surface area contributed by atoms with Crippen LogP contribution in [0.25, 0.3) is 0 Å². The highest BCUT2D eigenvalue weighted by molar-refractivity contribution is 5.04. The van der Waals surface area contributed by atoms with Crippen LogP contribution in [0.2, 0.25) is 0 Å². The van der Waals surface area contributed by atoms with Crippen LogP contribution in [0.5, 0.6) is 0 Å². The number of aromatic nitrogens is 4. The summed E-state index contributed by atoms with van der Waals surface area (Å²) in [4.78, 5) is 10.3. The van der Waals surface area contributed by atoms with Crippen molar-refractivity contribution in [3.8, 4) is 0 Å². The predicted molar refractivity (Wildman–Crippen MR) is 90.1 cm³/mol. The van der Waals surface area contributed by atoms with Gasteiger partial charge in [0.05, 0.1) is 0 Å². The Morgan fingerprint density at radius 1 is 1.38 bits per heavy atom. The minimum absolute atomic E-state index is 0.215. The van der Waals surface area contributed by atoms with Gasteiger partial charge in [0.15, 0.2) is 0 Å². The Morgan fingerprint density at radius 3 is 2.96 bits per heavy atom. The van der Waals surface area contributed by atoms with Gasteiger partial charge in [-0.3, -0.25) is 9.58 Å². The third-order valence-corrected chi connectivity index (χ3v) is 4.53. The van der Waals surface area contributed by atoms with Crippen LogP contribution in [0.3, 0.4) is 0 Å². The molecule has 0 amide bonds. The summed E-state index contributed by atoms with van der Waals surface area (Å²) in [5.74, 6) is 0. The Kier molecular flexibility index (Phi) is 5.87. The van der Waals surface area contributed by atoms with Crippen molar-refractivity contribution in [3.63, 3.8) is 0 Å². The van der Waals surface area contributed by atoms with E-state index in [1.807, 2.05) is 16.9 Å².